The second kappa shape index (κ2) is 7.03. The van der Waals surface area contributed by atoms with Crippen LogP contribution in [0.2, 0.25) is 0 Å². The number of aromatic nitrogens is 2. The Morgan fingerprint density at radius 3 is 2.88 bits per heavy atom. The fourth-order valence-electron chi connectivity index (χ4n) is 4.08. The van der Waals surface area contributed by atoms with Crippen LogP contribution in [0.15, 0.2) is 29.8 Å². The highest BCUT2D eigenvalue weighted by molar-refractivity contribution is 7.14. The Morgan fingerprint density at radius 1 is 1.27 bits per heavy atom. The molecule has 0 spiro atoms. The highest BCUT2D eigenvalue weighted by Gasteiger charge is 2.48. The van der Waals surface area contributed by atoms with Crippen molar-refractivity contribution < 1.29 is 14.7 Å². The molecule has 2 aliphatic rings. The fraction of sp³-hybridized carbons (Fsp3) is 0.444. The highest BCUT2D eigenvalue weighted by atomic mass is 32.1. The molecule has 2 aromatic rings. The van der Waals surface area contributed by atoms with Crippen molar-refractivity contribution >= 4 is 34.2 Å². The maximum absolute atomic E-state index is 13.0. The number of aliphatic carboxylic acids is 1. The molecule has 7 nitrogen and oxygen atoms in total. The lowest BCUT2D eigenvalue weighted by atomic mass is 9.84. The number of carboxylic acid groups (broad SMARTS) is 1. The van der Waals surface area contributed by atoms with Gasteiger partial charge in [-0.05, 0) is 37.3 Å². The molecule has 0 aromatic carbocycles. The van der Waals surface area contributed by atoms with Gasteiger partial charge < -0.3 is 15.3 Å². The number of hydrogen-bond donors (Lipinski definition) is 2. The van der Waals surface area contributed by atoms with Gasteiger partial charge in [0.2, 0.25) is 0 Å². The smallest absolute Gasteiger partial charge is 0.326 e. The molecule has 1 amide bonds. The van der Waals surface area contributed by atoms with Gasteiger partial charge in [-0.3, -0.25) is 4.79 Å². The molecule has 8 heteroatoms. The Bertz CT molecular complexity index is 810. The summed E-state index contributed by atoms with van der Waals surface area (Å²) >= 11 is 1.31. The molecule has 1 aliphatic carbocycles. The average Bonchev–Trinajstić information content (AvgIpc) is 3.26. The van der Waals surface area contributed by atoms with Gasteiger partial charge in [-0.15, -0.1) is 11.3 Å². The number of carboxylic acids is 1. The van der Waals surface area contributed by atoms with Crippen molar-refractivity contribution in [1.82, 2.24) is 14.9 Å². The zero-order valence-corrected chi connectivity index (χ0v) is 15.0. The number of anilines is 2. The van der Waals surface area contributed by atoms with Crippen LogP contribution in [0.5, 0.6) is 0 Å². The number of amides is 1. The minimum absolute atomic E-state index is 0.0197. The number of fused-ring (bicyclic) bond motifs is 1. The van der Waals surface area contributed by atoms with E-state index in [-0.39, 0.29) is 11.9 Å². The van der Waals surface area contributed by atoms with Gasteiger partial charge in [-0.1, -0.05) is 18.9 Å². The van der Waals surface area contributed by atoms with Crippen LogP contribution < -0.4 is 5.32 Å². The van der Waals surface area contributed by atoms with Crippen molar-refractivity contribution in [2.45, 2.75) is 44.2 Å². The van der Waals surface area contributed by atoms with Crippen molar-refractivity contribution in [1.29, 1.82) is 0 Å². The van der Waals surface area contributed by atoms with Crippen LogP contribution in [-0.2, 0) is 4.79 Å². The maximum Gasteiger partial charge on any atom is 0.326 e. The normalized spacial score (nSPS) is 24.9. The first-order valence-electron chi connectivity index (χ1n) is 8.82. The van der Waals surface area contributed by atoms with E-state index < -0.39 is 12.0 Å². The first-order valence-corrected chi connectivity index (χ1v) is 9.70. The predicted molar refractivity (Wildman–Crippen MR) is 97.6 cm³/mol. The molecule has 2 aromatic heterocycles. The highest BCUT2D eigenvalue weighted by Crippen LogP contribution is 2.40. The number of carbonyl (C=O) groups excluding carboxylic acids is 1. The van der Waals surface area contributed by atoms with E-state index in [9.17, 15) is 14.7 Å². The summed E-state index contributed by atoms with van der Waals surface area (Å²) < 4.78 is 0. The van der Waals surface area contributed by atoms with Crippen LogP contribution in [0.1, 0.15) is 42.6 Å². The van der Waals surface area contributed by atoms with Crippen LogP contribution in [0.3, 0.4) is 0 Å². The topological polar surface area (TPSA) is 95.4 Å². The van der Waals surface area contributed by atoms with E-state index in [1.807, 2.05) is 18.2 Å². The molecule has 1 aliphatic heterocycles. The third kappa shape index (κ3) is 3.16. The summed E-state index contributed by atoms with van der Waals surface area (Å²) in [6.07, 6.45) is 6.26. The molecule has 3 atom stereocenters. The summed E-state index contributed by atoms with van der Waals surface area (Å²) in [4.78, 5) is 34.9. The van der Waals surface area contributed by atoms with Gasteiger partial charge in [0.15, 0.2) is 5.13 Å². The molecule has 136 valence electrons. The Morgan fingerprint density at radius 2 is 2.12 bits per heavy atom. The summed E-state index contributed by atoms with van der Waals surface area (Å²) in [5.41, 5.74) is 0.297. The number of rotatable bonds is 4. The van der Waals surface area contributed by atoms with E-state index in [1.165, 1.54) is 11.3 Å². The fourth-order valence-corrected chi connectivity index (χ4v) is 4.77. The SMILES string of the molecule is O=C(O)C1CC2CCCCC2N1C(=O)c1csc(Nc2ccccn2)n1. The number of hydrogen-bond acceptors (Lipinski definition) is 6. The number of thiazole rings is 1. The zero-order valence-electron chi connectivity index (χ0n) is 14.2. The van der Waals surface area contributed by atoms with Gasteiger partial charge in [0.05, 0.1) is 0 Å². The third-order valence-corrected chi connectivity index (χ3v) is 5.99. The van der Waals surface area contributed by atoms with Crippen molar-refractivity contribution in [3.63, 3.8) is 0 Å². The molecule has 0 bridgehead atoms. The van der Waals surface area contributed by atoms with E-state index in [2.05, 4.69) is 15.3 Å². The van der Waals surface area contributed by atoms with Crippen LogP contribution in [0.25, 0.3) is 0 Å². The Labute approximate surface area is 155 Å². The number of nitrogens with zero attached hydrogens (tertiary/aromatic N) is 3. The molecule has 26 heavy (non-hydrogen) atoms. The van der Waals surface area contributed by atoms with Crippen molar-refractivity contribution in [2.75, 3.05) is 5.32 Å². The van der Waals surface area contributed by atoms with E-state index in [0.29, 0.717) is 29.0 Å². The second-order valence-corrected chi connectivity index (χ2v) is 7.65. The lowest BCUT2D eigenvalue weighted by Gasteiger charge is -2.32. The van der Waals surface area contributed by atoms with Gasteiger partial charge in [-0.2, -0.15) is 0 Å². The predicted octanol–water partition coefficient (Wildman–Crippen LogP) is 3.14. The average molecular weight is 372 g/mol. The number of carbonyl (C=O) groups is 2. The maximum atomic E-state index is 13.0. The molecule has 1 saturated carbocycles. The molecule has 0 radical (unpaired) electrons. The van der Waals surface area contributed by atoms with Crippen molar-refractivity contribution in [2.24, 2.45) is 5.92 Å². The van der Waals surface area contributed by atoms with Crippen molar-refractivity contribution in [3.8, 4) is 0 Å². The lowest BCUT2D eigenvalue weighted by Crippen LogP contribution is -2.46. The van der Waals surface area contributed by atoms with Crippen LogP contribution in [0.4, 0.5) is 10.9 Å². The quantitative estimate of drug-likeness (QED) is 0.856. The van der Waals surface area contributed by atoms with Crippen LogP contribution in [-0.4, -0.2) is 43.9 Å². The minimum atomic E-state index is -0.921. The Hall–Kier alpha value is -2.48. The van der Waals surface area contributed by atoms with Crippen LogP contribution in [0, 0.1) is 5.92 Å². The van der Waals surface area contributed by atoms with Gasteiger partial charge in [-0.25, -0.2) is 14.8 Å². The molecule has 3 unspecified atom stereocenters. The lowest BCUT2D eigenvalue weighted by molar-refractivity contribution is -0.141. The number of likely N-dealkylation sites (tertiary alicyclic amines) is 1. The summed E-state index contributed by atoms with van der Waals surface area (Å²) in [7, 11) is 0. The zero-order chi connectivity index (χ0) is 18.1. The summed E-state index contributed by atoms with van der Waals surface area (Å²) in [6, 6.07) is 4.77. The molecular weight excluding hydrogens is 352 g/mol. The summed E-state index contributed by atoms with van der Waals surface area (Å²) in [5, 5.41) is 14.9. The van der Waals surface area contributed by atoms with E-state index in [1.54, 1.807) is 16.5 Å². The summed E-state index contributed by atoms with van der Waals surface area (Å²) in [5.74, 6) is -0.261. The Kier molecular flexibility index (Phi) is 4.58. The standard InChI is InChI=1S/C18H20N4O3S/c23-16(12-10-26-18(20-12)21-15-7-3-4-8-19-15)22-13-6-2-1-5-11(13)9-14(22)17(24)25/h3-4,7-8,10-11,13-14H,1-2,5-6,9H2,(H,24,25)(H,19,20,21). The van der Waals surface area contributed by atoms with E-state index in [4.69, 9.17) is 0 Å². The van der Waals surface area contributed by atoms with E-state index in [0.717, 1.165) is 25.7 Å². The summed E-state index contributed by atoms with van der Waals surface area (Å²) in [6.45, 7) is 0. The first kappa shape index (κ1) is 17.0. The minimum Gasteiger partial charge on any atom is -0.480 e. The van der Waals surface area contributed by atoms with Crippen molar-refractivity contribution in [3.05, 3.63) is 35.5 Å². The molecule has 1 saturated heterocycles. The van der Waals surface area contributed by atoms with Gasteiger partial charge in [0.1, 0.15) is 17.6 Å². The van der Waals surface area contributed by atoms with Gasteiger partial charge in [0.25, 0.3) is 5.91 Å². The van der Waals surface area contributed by atoms with E-state index >= 15 is 0 Å². The van der Waals surface area contributed by atoms with Crippen LogP contribution >= 0.6 is 11.3 Å². The number of pyridine rings is 1. The first-order chi connectivity index (χ1) is 12.6. The monoisotopic (exact) mass is 372 g/mol. The Balaban J connectivity index is 1.55. The molecule has 4 rings (SSSR count). The largest absolute Gasteiger partial charge is 0.480 e. The second-order valence-electron chi connectivity index (χ2n) is 6.79. The molecular formula is C18H20N4O3S. The molecule has 2 fully saturated rings. The van der Waals surface area contributed by atoms with Gasteiger partial charge >= 0.3 is 5.97 Å². The third-order valence-electron chi connectivity index (χ3n) is 5.23. The number of nitrogens with one attached hydrogen (secondary N) is 1. The van der Waals surface area contributed by atoms with Gasteiger partial charge in [0, 0.05) is 17.6 Å². The molecule has 2 N–H and O–H groups in total. The molecule has 3 heterocycles.